The average Bonchev–Trinajstić information content (AvgIpc) is 2.03. The Bertz CT molecular complexity index is 139. The van der Waals surface area contributed by atoms with Gasteiger partial charge in [0.1, 0.15) is 6.23 Å². The van der Waals surface area contributed by atoms with Gasteiger partial charge in [-0.15, -0.1) is 0 Å². The van der Waals surface area contributed by atoms with Crippen LogP contribution in [0, 0.1) is 11.3 Å². The third-order valence-corrected chi connectivity index (χ3v) is 2.77. The van der Waals surface area contributed by atoms with Crippen LogP contribution < -0.4 is 5.32 Å². The van der Waals surface area contributed by atoms with Gasteiger partial charge in [-0.25, -0.2) is 0 Å². The Morgan fingerprint density at radius 2 is 2.00 bits per heavy atom. The summed E-state index contributed by atoms with van der Waals surface area (Å²) >= 11 is 0. The largest absolute Gasteiger partial charge is 0.366 e. The molecule has 0 bridgehead atoms. The van der Waals surface area contributed by atoms with E-state index >= 15 is 0 Å². The summed E-state index contributed by atoms with van der Waals surface area (Å²) in [6.45, 7) is 7.97. The fourth-order valence-electron chi connectivity index (χ4n) is 1.99. The summed E-state index contributed by atoms with van der Waals surface area (Å²) in [4.78, 5) is 0. The van der Waals surface area contributed by atoms with Crippen LogP contribution in [0.15, 0.2) is 0 Å². The predicted molar refractivity (Wildman–Crippen MR) is 51.0 cm³/mol. The van der Waals surface area contributed by atoms with E-state index < -0.39 is 0 Å². The summed E-state index contributed by atoms with van der Waals surface area (Å²) in [5, 5.41) is 3.40. The van der Waals surface area contributed by atoms with Crippen LogP contribution in [0.25, 0.3) is 0 Å². The predicted octanol–water partition coefficient (Wildman–Crippen LogP) is 2.00. The summed E-state index contributed by atoms with van der Waals surface area (Å²) in [6.07, 6.45) is 2.83. The van der Waals surface area contributed by atoms with Gasteiger partial charge in [-0.1, -0.05) is 20.8 Å². The molecule has 0 aromatic carbocycles. The molecule has 0 radical (unpaired) electrons. The Morgan fingerprint density at radius 3 is 2.42 bits per heavy atom. The highest BCUT2D eigenvalue weighted by Crippen LogP contribution is 2.34. The third-order valence-electron chi connectivity index (χ3n) is 2.77. The van der Waals surface area contributed by atoms with Gasteiger partial charge in [-0.3, -0.25) is 5.32 Å². The van der Waals surface area contributed by atoms with Crippen molar-refractivity contribution < 1.29 is 4.74 Å². The van der Waals surface area contributed by atoms with E-state index in [-0.39, 0.29) is 6.23 Å². The molecule has 2 atom stereocenters. The van der Waals surface area contributed by atoms with Crippen molar-refractivity contribution in [1.82, 2.24) is 5.32 Å². The second-order valence-electron chi connectivity index (χ2n) is 4.73. The second-order valence-corrected chi connectivity index (χ2v) is 4.73. The molecule has 0 aromatic heterocycles. The van der Waals surface area contributed by atoms with Gasteiger partial charge in [0.2, 0.25) is 0 Å². The highest BCUT2D eigenvalue weighted by Gasteiger charge is 2.33. The fraction of sp³-hybridized carbons (Fsp3) is 1.00. The minimum Gasteiger partial charge on any atom is -0.366 e. The maximum absolute atomic E-state index is 5.42. The van der Waals surface area contributed by atoms with Crippen LogP contribution in [0.5, 0.6) is 0 Å². The first-order valence-electron chi connectivity index (χ1n) is 4.82. The van der Waals surface area contributed by atoms with Crippen molar-refractivity contribution >= 4 is 0 Å². The van der Waals surface area contributed by atoms with Crippen molar-refractivity contribution in [2.75, 3.05) is 13.7 Å². The number of hydrogen-bond donors (Lipinski definition) is 1. The summed E-state index contributed by atoms with van der Waals surface area (Å²) in [7, 11) is 1.79. The molecule has 0 amide bonds. The van der Waals surface area contributed by atoms with Crippen LogP contribution >= 0.6 is 0 Å². The van der Waals surface area contributed by atoms with Crippen molar-refractivity contribution in [3.63, 3.8) is 0 Å². The number of nitrogens with one attached hydrogen (secondary N) is 1. The Hall–Kier alpha value is -0.0800. The molecule has 72 valence electrons. The molecule has 0 spiro atoms. The summed E-state index contributed by atoms with van der Waals surface area (Å²) in [6, 6.07) is 0. The van der Waals surface area contributed by atoms with E-state index in [4.69, 9.17) is 4.74 Å². The van der Waals surface area contributed by atoms with Crippen LogP contribution in [0.1, 0.15) is 33.6 Å². The normalized spacial score (nSPS) is 32.0. The number of hydrogen-bond acceptors (Lipinski definition) is 2. The second kappa shape index (κ2) is 3.75. The maximum Gasteiger partial charge on any atom is 0.111 e. The molecule has 1 heterocycles. The quantitative estimate of drug-likeness (QED) is 0.651. The monoisotopic (exact) mass is 171 g/mol. The average molecular weight is 171 g/mol. The van der Waals surface area contributed by atoms with E-state index in [1.807, 2.05) is 0 Å². The van der Waals surface area contributed by atoms with Crippen molar-refractivity contribution in [2.45, 2.75) is 39.8 Å². The van der Waals surface area contributed by atoms with Crippen LogP contribution in [0.2, 0.25) is 0 Å². The smallest absolute Gasteiger partial charge is 0.111 e. The van der Waals surface area contributed by atoms with Gasteiger partial charge in [0.25, 0.3) is 0 Å². The van der Waals surface area contributed by atoms with E-state index in [9.17, 15) is 0 Å². The molecular formula is C10H21NO. The lowest BCUT2D eigenvalue weighted by Crippen LogP contribution is -2.47. The van der Waals surface area contributed by atoms with E-state index in [1.54, 1.807) is 7.11 Å². The van der Waals surface area contributed by atoms with Crippen molar-refractivity contribution in [1.29, 1.82) is 0 Å². The lowest BCUT2D eigenvalue weighted by Gasteiger charge is -2.40. The third kappa shape index (κ3) is 2.20. The minimum atomic E-state index is 0.263. The Labute approximate surface area is 75.7 Å². The van der Waals surface area contributed by atoms with Gasteiger partial charge in [0.05, 0.1) is 0 Å². The standard InChI is InChI=1S/C10H21NO/c1-10(2,3)8-6-5-7-11-9(8)12-4/h8-9,11H,5-7H2,1-4H3. The number of methoxy groups -OCH3 is 1. The molecule has 12 heavy (non-hydrogen) atoms. The SMILES string of the molecule is COC1NCCCC1C(C)(C)C. The summed E-state index contributed by atoms with van der Waals surface area (Å²) in [5.74, 6) is 0.649. The maximum atomic E-state index is 5.42. The van der Waals surface area contributed by atoms with Gasteiger partial charge in [0.15, 0.2) is 0 Å². The van der Waals surface area contributed by atoms with E-state index in [2.05, 4.69) is 26.1 Å². The molecule has 0 aromatic rings. The van der Waals surface area contributed by atoms with Crippen LogP contribution in [-0.4, -0.2) is 19.9 Å². The van der Waals surface area contributed by atoms with Gasteiger partial charge in [-0.2, -0.15) is 0 Å². The molecule has 1 aliphatic heterocycles. The molecule has 1 rings (SSSR count). The first kappa shape index (κ1) is 10.0. The number of piperidine rings is 1. The molecule has 1 aliphatic rings. The van der Waals surface area contributed by atoms with E-state index in [1.165, 1.54) is 12.8 Å². The number of ether oxygens (including phenoxy) is 1. The number of rotatable bonds is 1. The zero-order valence-electron chi connectivity index (χ0n) is 8.68. The first-order chi connectivity index (χ1) is 5.55. The molecule has 0 saturated carbocycles. The zero-order valence-corrected chi connectivity index (χ0v) is 8.68. The molecule has 0 aliphatic carbocycles. The van der Waals surface area contributed by atoms with Crippen LogP contribution in [-0.2, 0) is 4.74 Å². The van der Waals surface area contributed by atoms with Gasteiger partial charge in [0, 0.05) is 13.0 Å². The van der Waals surface area contributed by atoms with Crippen molar-refractivity contribution in [3.05, 3.63) is 0 Å². The van der Waals surface area contributed by atoms with E-state index in [0.29, 0.717) is 11.3 Å². The Balaban J connectivity index is 2.59. The zero-order chi connectivity index (χ0) is 9.19. The highest BCUT2D eigenvalue weighted by atomic mass is 16.5. The van der Waals surface area contributed by atoms with Gasteiger partial charge in [-0.05, 0) is 24.8 Å². The molecule has 2 unspecified atom stereocenters. The highest BCUT2D eigenvalue weighted by molar-refractivity contribution is 4.83. The first-order valence-corrected chi connectivity index (χ1v) is 4.82. The molecule has 1 N–H and O–H groups in total. The molecular weight excluding hydrogens is 150 g/mol. The van der Waals surface area contributed by atoms with Crippen LogP contribution in [0.3, 0.4) is 0 Å². The van der Waals surface area contributed by atoms with Gasteiger partial charge >= 0.3 is 0 Å². The van der Waals surface area contributed by atoms with Crippen LogP contribution in [0.4, 0.5) is 0 Å². The summed E-state index contributed by atoms with van der Waals surface area (Å²) < 4.78 is 5.42. The van der Waals surface area contributed by atoms with Gasteiger partial charge < -0.3 is 4.74 Å². The van der Waals surface area contributed by atoms with Crippen molar-refractivity contribution in [3.8, 4) is 0 Å². The lowest BCUT2D eigenvalue weighted by molar-refractivity contribution is -0.0367. The molecule has 2 heteroatoms. The van der Waals surface area contributed by atoms with E-state index in [0.717, 1.165) is 6.54 Å². The molecule has 1 saturated heterocycles. The lowest BCUT2D eigenvalue weighted by atomic mass is 9.75. The molecule has 2 nitrogen and oxygen atoms in total. The Kier molecular flexibility index (Phi) is 3.13. The minimum absolute atomic E-state index is 0.263. The topological polar surface area (TPSA) is 21.3 Å². The fourth-order valence-corrected chi connectivity index (χ4v) is 1.99. The van der Waals surface area contributed by atoms with Crippen molar-refractivity contribution in [2.24, 2.45) is 11.3 Å². The Morgan fingerprint density at radius 1 is 1.33 bits per heavy atom. The summed E-state index contributed by atoms with van der Waals surface area (Å²) in [5.41, 5.74) is 0.355. The molecule has 1 fully saturated rings.